The molecule has 0 spiro atoms. The van der Waals surface area contributed by atoms with Crippen molar-refractivity contribution < 1.29 is 27.9 Å². The average molecular weight is 383 g/mol. The molecular weight excluding hydrogens is 363 g/mol. The zero-order chi connectivity index (χ0) is 19.9. The van der Waals surface area contributed by atoms with Crippen molar-refractivity contribution in [3.8, 4) is 0 Å². The summed E-state index contributed by atoms with van der Waals surface area (Å²) in [5.74, 6) is -3.67. The zero-order valence-corrected chi connectivity index (χ0v) is 14.9. The zero-order valence-electron chi connectivity index (χ0n) is 14.9. The van der Waals surface area contributed by atoms with E-state index in [4.69, 9.17) is 5.11 Å². The average Bonchev–Trinajstić information content (AvgIpc) is 3.09. The third-order valence-electron chi connectivity index (χ3n) is 5.33. The highest BCUT2D eigenvalue weighted by molar-refractivity contribution is 6.22. The number of carboxylic acids is 1. The number of rotatable bonds is 4. The molecule has 3 atom stereocenters. The highest BCUT2D eigenvalue weighted by Crippen LogP contribution is 2.47. The van der Waals surface area contributed by atoms with Gasteiger partial charge in [-0.05, 0) is 38.4 Å². The first kappa shape index (κ1) is 19.3. The van der Waals surface area contributed by atoms with Gasteiger partial charge in [-0.1, -0.05) is 0 Å². The molecule has 0 bridgehead atoms. The number of carbonyl (C=O) groups is 2. The lowest BCUT2D eigenvalue weighted by Crippen LogP contribution is -2.33. The molecular formula is C18H20F3N3O3. The van der Waals surface area contributed by atoms with Gasteiger partial charge in [0.1, 0.15) is 5.56 Å². The van der Waals surface area contributed by atoms with Crippen molar-refractivity contribution in [1.29, 1.82) is 0 Å². The number of anilines is 1. The molecule has 2 aliphatic heterocycles. The quantitative estimate of drug-likeness (QED) is 0.782. The van der Waals surface area contributed by atoms with Gasteiger partial charge in [0.25, 0.3) is 0 Å². The standard InChI is InChI=1S/C18H20F3N3O3/c1-9(22-2)10-5-6-24(8-10)13-4-3-11-15(14(13)18(19,20)21)23-7-12(16(11)25)17(26)27/h3-4,7,9-10,12,22H,5-6,8H2,1-2H3,(H,26,27). The van der Waals surface area contributed by atoms with Gasteiger partial charge in [-0.3, -0.25) is 14.6 Å². The van der Waals surface area contributed by atoms with Gasteiger partial charge in [-0.15, -0.1) is 0 Å². The number of hydrogen-bond donors (Lipinski definition) is 2. The van der Waals surface area contributed by atoms with Crippen LogP contribution in [0.5, 0.6) is 0 Å². The van der Waals surface area contributed by atoms with Crippen LogP contribution in [0.3, 0.4) is 0 Å². The van der Waals surface area contributed by atoms with Gasteiger partial charge in [-0.2, -0.15) is 13.2 Å². The van der Waals surface area contributed by atoms with Gasteiger partial charge < -0.3 is 15.3 Å². The summed E-state index contributed by atoms with van der Waals surface area (Å²) in [5, 5.41) is 12.2. The van der Waals surface area contributed by atoms with Crippen LogP contribution in [-0.2, 0) is 11.0 Å². The van der Waals surface area contributed by atoms with Crippen molar-refractivity contribution in [1.82, 2.24) is 5.32 Å². The number of aliphatic imine (C=N–C) groups is 1. The lowest BCUT2D eigenvalue weighted by molar-refractivity contribution is -0.138. The molecule has 0 aromatic heterocycles. The molecule has 0 saturated carbocycles. The molecule has 1 aromatic rings. The predicted octanol–water partition coefficient (Wildman–Crippen LogP) is 2.74. The Labute approximate surface area is 154 Å². The maximum atomic E-state index is 13.9. The van der Waals surface area contributed by atoms with E-state index < -0.39 is 35.1 Å². The molecule has 0 amide bonds. The summed E-state index contributed by atoms with van der Waals surface area (Å²) in [5.41, 5.74) is -1.80. The number of nitrogens with zero attached hydrogens (tertiary/aromatic N) is 2. The summed E-state index contributed by atoms with van der Waals surface area (Å²) >= 11 is 0. The Kier molecular flexibility index (Phi) is 4.98. The van der Waals surface area contributed by atoms with E-state index in [1.807, 2.05) is 14.0 Å². The number of benzene rings is 1. The van der Waals surface area contributed by atoms with Crippen LogP contribution >= 0.6 is 0 Å². The maximum Gasteiger partial charge on any atom is 0.420 e. The minimum absolute atomic E-state index is 0.0224. The number of carboxylic acid groups (broad SMARTS) is 1. The Hall–Kier alpha value is -2.42. The monoisotopic (exact) mass is 383 g/mol. The van der Waals surface area contributed by atoms with Crippen LogP contribution in [0.1, 0.15) is 29.3 Å². The number of nitrogens with one attached hydrogen (secondary N) is 1. The van der Waals surface area contributed by atoms with Crippen molar-refractivity contribution in [2.75, 3.05) is 25.0 Å². The van der Waals surface area contributed by atoms with Gasteiger partial charge in [0.05, 0.1) is 11.4 Å². The van der Waals surface area contributed by atoms with Crippen molar-refractivity contribution in [2.45, 2.75) is 25.6 Å². The minimum atomic E-state index is -4.72. The van der Waals surface area contributed by atoms with Crippen molar-refractivity contribution in [3.63, 3.8) is 0 Å². The van der Waals surface area contributed by atoms with Crippen LogP contribution in [0.25, 0.3) is 0 Å². The topological polar surface area (TPSA) is 82.0 Å². The first-order chi connectivity index (χ1) is 12.6. The number of ketones is 1. The molecule has 2 N–H and O–H groups in total. The molecule has 2 aliphatic rings. The van der Waals surface area contributed by atoms with E-state index in [0.29, 0.717) is 13.1 Å². The normalized spacial score (nSPS) is 23.4. The number of Topliss-reactive ketones (excluding diaryl/α,β-unsaturated/α-hetero) is 1. The Morgan fingerprint density at radius 1 is 1.41 bits per heavy atom. The largest absolute Gasteiger partial charge is 0.480 e. The fourth-order valence-corrected chi connectivity index (χ4v) is 3.67. The van der Waals surface area contributed by atoms with Gasteiger partial charge >= 0.3 is 12.1 Å². The summed E-state index contributed by atoms with van der Waals surface area (Å²) in [6.07, 6.45) is -3.19. The van der Waals surface area contributed by atoms with Gasteiger partial charge in [0.15, 0.2) is 11.7 Å². The number of carbonyl (C=O) groups excluding carboxylic acids is 1. The highest BCUT2D eigenvalue weighted by Gasteiger charge is 2.43. The van der Waals surface area contributed by atoms with Gasteiger partial charge in [0.2, 0.25) is 0 Å². The molecule has 1 fully saturated rings. The number of halogens is 3. The first-order valence-electron chi connectivity index (χ1n) is 8.62. The highest BCUT2D eigenvalue weighted by atomic mass is 19.4. The van der Waals surface area contributed by atoms with Crippen molar-refractivity contribution in [2.24, 2.45) is 16.8 Å². The first-order valence-corrected chi connectivity index (χ1v) is 8.62. The van der Waals surface area contributed by atoms with E-state index in [1.165, 1.54) is 12.1 Å². The predicted molar refractivity (Wildman–Crippen MR) is 93.9 cm³/mol. The van der Waals surface area contributed by atoms with E-state index >= 15 is 0 Å². The van der Waals surface area contributed by atoms with Crippen molar-refractivity contribution >= 4 is 29.3 Å². The molecule has 0 aliphatic carbocycles. The molecule has 0 radical (unpaired) electrons. The Bertz CT molecular complexity index is 807. The van der Waals surface area contributed by atoms with Crippen LogP contribution in [-0.4, -0.2) is 49.3 Å². The van der Waals surface area contributed by atoms with Gasteiger partial charge in [-0.25, -0.2) is 0 Å². The van der Waals surface area contributed by atoms with Crippen LogP contribution in [0.4, 0.5) is 24.5 Å². The summed E-state index contributed by atoms with van der Waals surface area (Å²) in [6.45, 7) is 2.91. The van der Waals surface area contributed by atoms with Gasteiger partial charge in [0, 0.05) is 30.9 Å². The number of hydrogen-bond acceptors (Lipinski definition) is 5. The van der Waals surface area contributed by atoms with Crippen LogP contribution in [0, 0.1) is 11.8 Å². The van der Waals surface area contributed by atoms with Crippen LogP contribution in [0.15, 0.2) is 17.1 Å². The molecule has 6 nitrogen and oxygen atoms in total. The molecule has 27 heavy (non-hydrogen) atoms. The molecule has 1 saturated heterocycles. The minimum Gasteiger partial charge on any atom is -0.480 e. The second-order valence-electron chi connectivity index (χ2n) is 6.88. The number of fused-ring (bicyclic) bond motifs is 1. The van der Waals surface area contributed by atoms with E-state index in [2.05, 4.69) is 10.3 Å². The summed E-state index contributed by atoms with van der Waals surface area (Å²) in [7, 11) is 1.81. The lowest BCUT2D eigenvalue weighted by atomic mass is 9.91. The number of aliphatic carboxylic acids is 1. The van der Waals surface area contributed by atoms with Crippen LogP contribution < -0.4 is 10.2 Å². The molecule has 3 unspecified atom stereocenters. The Balaban J connectivity index is 2.06. The van der Waals surface area contributed by atoms with E-state index in [9.17, 15) is 22.8 Å². The summed E-state index contributed by atoms with van der Waals surface area (Å²) < 4.78 is 41.6. The summed E-state index contributed by atoms with van der Waals surface area (Å²) in [6, 6.07) is 2.67. The second kappa shape index (κ2) is 6.95. The maximum absolute atomic E-state index is 13.9. The third kappa shape index (κ3) is 3.43. The van der Waals surface area contributed by atoms with E-state index in [0.717, 1.165) is 12.6 Å². The summed E-state index contributed by atoms with van der Waals surface area (Å²) in [4.78, 5) is 28.8. The molecule has 1 aromatic carbocycles. The lowest BCUT2D eigenvalue weighted by Gasteiger charge is -2.27. The molecule has 146 valence electrons. The van der Waals surface area contributed by atoms with Crippen molar-refractivity contribution in [3.05, 3.63) is 23.3 Å². The fourth-order valence-electron chi connectivity index (χ4n) is 3.67. The Morgan fingerprint density at radius 2 is 2.11 bits per heavy atom. The smallest absolute Gasteiger partial charge is 0.420 e. The van der Waals surface area contributed by atoms with E-state index in [1.54, 1.807) is 4.90 Å². The van der Waals surface area contributed by atoms with E-state index in [-0.39, 0.29) is 23.2 Å². The molecule has 2 heterocycles. The third-order valence-corrected chi connectivity index (χ3v) is 5.33. The molecule has 3 rings (SSSR count). The van der Waals surface area contributed by atoms with Crippen LogP contribution in [0.2, 0.25) is 0 Å². The SMILES string of the molecule is CNC(C)C1CCN(c2ccc3c(c2C(F)(F)F)N=CC(C(=O)O)C3=O)C1. The second-order valence-corrected chi connectivity index (χ2v) is 6.88. The number of alkyl halides is 3. The Morgan fingerprint density at radius 3 is 2.70 bits per heavy atom. The molecule has 9 heteroatoms. The fraction of sp³-hybridized carbons (Fsp3) is 0.500.